The lowest BCUT2D eigenvalue weighted by atomic mass is 9.33. The Hall–Kier alpha value is -11.6. The van der Waals surface area contributed by atoms with Crippen LogP contribution >= 0.6 is 11.3 Å². The molecule has 4 aromatic heterocycles. The van der Waals surface area contributed by atoms with E-state index in [0.29, 0.717) is 16.9 Å². The van der Waals surface area contributed by atoms with Gasteiger partial charge in [0.15, 0.2) is 0 Å². The highest BCUT2D eigenvalue weighted by Gasteiger charge is 2.46. The number of aromatic nitrogens is 2. The molecule has 0 saturated carbocycles. The lowest BCUT2D eigenvalue weighted by Gasteiger charge is -2.45. The van der Waals surface area contributed by atoms with Crippen LogP contribution in [-0.4, -0.2) is 15.8 Å². The van der Waals surface area contributed by atoms with Gasteiger partial charge in [-0.3, -0.25) is 0 Å². The predicted molar refractivity (Wildman–Crippen MR) is 479 cm³/mol. The molecular weight excluding hydrogens is 1360 g/mol. The number of nitrogens with zero attached hydrogens (tertiary/aromatic N) is 4. The molecule has 0 fully saturated rings. The van der Waals surface area contributed by atoms with Crippen LogP contribution in [0.5, 0.6) is 0 Å². The van der Waals surface area contributed by atoms with Gasteiger partial charge in [-0.25, -0.2) is 0 Å². The molecule has 0 unspecified atom stereocenters. The van der Waals surface area contributed by atoms with Crippen molar-refractivity contribution < 1.29 is 15.4 Å². The SMILES string of the molecule is [2H]c1c([2H])c([2H])c2c(c1[2H])c1c([2H])c([2H])c([2H])c([2H])c1n2-c1cc2c3c(c1)N(c1cc(-c4ccccc4)cc4sc5ccccc5c14)c1cc(-n4c5ccc(C(C)(C)C)cc5c5cc(C(C)(C)C)ccc54)ccc1B3c1ccc(-c3cc(C(C)(C)C)cc(C(C)(C)C)c3)cc1N2c1cc(-c2ccccc2C(C)(C)C)cc2oc3ccccc3c12. The minimum atomic E-state index is -0.538. The molecule has 0 aliphatic carbocycles. The minimum absolute atomic E-state index is 0.0118. The average Bonchev–Trinajstić information content (AvgIpc) is 1.66. The van der Waals surface area contributed by atoms with Crippen LogP contribution in [0.4, 0.5) is 34.1 Å². The van der Waals surface area contributed by atoms with Crippen molar-refractivity contribution in [2.45, 2.75) is 131 Å². The van der Waals surface area contributed by atoms with Gasteiger partial charge < -0.3 is 23.4 Å². The minimum Gasteiger partial charge on any atom is -0.456 e. The predicted octanol–water partition coefficient (Wildman–Crippen LogP) is 27.7. The van der Waals surface area contributed by atoms with Gasteiger partial charge in [-0.2, -0.15) is 0 Å². The quantitative estimate of drug-likeness (QED) is 0.149. The molecule has 7 heteroatoms. The number of furan rings is 1. The van der Waals surface area contributed by atoms with E-state index < -0.39 is 55.1 Å². The second-order valence-corrected chi connectivity index (χ2v) is 37.1. The lowest BCUT2D eigenvalue weighted by molar-refractivity contribution is 0.569. The summed E-state index contributed by atoms with van der Waals surface area (Å²) in [5.41, 5.74) is 23.9. The van der Waals surface area contributed by atoms with Crippen LogP contribution in [0.3, 0.4) is 0 Å². The summed E-state index contributed by atoms with van der Waals surface area (Å²) in [4.78, 5) is 4.90. The van der Waals surface area contributed by atoms with Crippen molar-refractivity contribution in [3.63, 3.8) is 0 Å². The highest BCUT2D eigenvalue weighted by atomic mass is 32.1. The van der Waals surface area contributed by atoms with E-state index in [1.54, 1.807) is 15.9 Å². The maximum absolute atomic E-state index is 10.3. The number of fused-ring (bicyclic) bond motifs is 16. The van der Waals surface area contributed by atoms with Crippen LogP contribution < -0.4 is 26.2 Å². The normalized spacial score (nSPS) is 14.5. The smallest absolute Gasteiger partial charge is 0.252 e. The Morgan fingerprint density at radius 1 is 0.315 bits per heavy atom. The lowest BCUT2D eigenvalue weighted by Crippen LogP contribution is -2.61. The second-order valence-electron chi connectivity index (χ2n) is 36.0. The fourth-order valence-electron chi connectivity index (χ4n) is 17.9. The summed E-state index contributed by atoms with van der Waals surface area (Å²) in [6, 6.07) is 81.3. The van der Waals surface area contributed by atoms with E-state index in [4.69, 9.17) is 4.42 Å². The van der Waals surface area contributed by atoms with Crippen LogP contribution in [0.1, 0.15) is 143 Å². The van der Waals surface area contributed by atoms with E-state index in [2.05, 4.69) is 337 Å². The first-order chi connectivity index (χ1) is 56.5. The monoisotopic (exact) mass is 1460 g/mol. The van der Waals surface area contributed by atoms with Gasteiger partial charge in [-0.05, 0) is 208 Å². The Morgan fingerprint density at radius 3 is 1.46 bits per heavy atom. The standard InChI is InChI=1S/C104H91BN4OS/c1-100(2,3)67-42-47-85-78(57-67)79-58-68(101(4,5)6)43-48-86(79)106(85)71-44-46-82-88(59-71)109(90-52-65(62-29-17-16-18-30-62)55-96-98(90)77-35-23-28-40-95(77)111-96)92-61-72(107-83-37-25-20-32-74(83)75-33-21-26-38-84(75)107)60-91-99(92)105(82)81-45-41-63(64-49-69(102(7,8)9)56-70(50-64)103(10,11)12)51-87(81)108(91)89-53-66(73-31-19-24-36-80(73)104(13,14)15)54-94-97(89)76-34-22-27-39-93(76)110-94/h16-61H,1-15H3/i20D,21D,25D,26D,32D,33D,37D,38D. The molecule has 0 radical (unpaired) electrons. The summed E-state index contributed by atoms with van der Waals surface area (Å²) in [6.07, 6.45) is 0. The molecule has 542 valence electrons. The van der Waals surface area contributed by atoms with E-state index in [9.17, 15) is 11.0 Å². The van der Waals surface area contributed by atoms with Crippen LogP contribution in [0.15, 0.2) is 283 Å². The molecule has 5 nitrogen and oxygen atoms in total. The maximum atomic E-state index is 10.3. The van der Waals surface area contributed by atoms with Crippen molar-refractivity contribution in [3.8, 4) is 44.8 Å². The summed E-state index contributed by atoms with van der Waals surface area (Å²) >= 11 is 1.76. The van der Waals surface area contributed by atoms with Gasteiger partial charge >= 0.3 is 0 Å². The first kappa shape index (κ1) is 60.2. The van der Waals surface area contributed by atoms with Crippen molar-refractivity contribution in [1.29, 1.82) is 0 Å². The maximum Gasteiger partial charge on any atom is 0.252 e. The Labute approximate surface area is 667 Å². The van der Waals surface area contributed by atoms with Gasteiger partial charge in [0.1, 0.15) is 11.2 Å². The molecule has 0 bridgehead atoms. The molecule has 111 heavy (non-hydrogen) atoms. The number of thiophene rings is 1. The number of anilines is 6. The van der Waals surface area contributed by atoms with E-state index in [1.165, 1.54) is 22.3 Å². The molecule has 0 N–H and O–H groups in total. The Kier molecular flexibility index (Phi) is 13.3. The van der Waals surface area contributed by atoms with Gasteiger partial charge in [0, 0.05) is 75.5 Å². The van der Waals surface area contributed by atoms with E-state index in [-0.39, 0.29) is 48.9 Å². The van der Waals surface area contributed by atoms with Gasteiger partial charge in [-0.15, -0.1) is 11.3 Å². The number of para-hydroxylation sites is 3. The second kappa shape index (κ2) is 24.4. The summed E-state index contributed by atoms with van der Waals surface area (Å²) in [5, 5.41) is 6.15. The highest BCUT2D eigenvalue weighted by molar-refractivity contribution is 7.26. The largest absolute Gasteiger partial charge is 0.456 e. The van der Waals surface area contributed by atoms with Crippen LogP contribution in [0.25, 0.3) is 130 Å². The van der Waals surface area contributed by atoms with E-state index in [1.807, 2.05) is 12.1 Å². The summed E-state index contributed by atoms with van der Waals surface area (Å²) in [7, 11) is 0. The number of benzene rings is 14. The summed E-state index contributed by atoms with van der Waals surface area (Å²) in [5.74, 6) is 0. The first-order valence-corrected chi connectivity index (χ1v) is 39.7. The van der Waals surface area contributed by atoms with Crippen LogP contribution in [-0.2, 0) is 27.1 Å². The van der Waals surface area contributed by atoms with Gasteiger partial charge in [0.2, 0.25) is 0 Å². The van der Waals surface area contributed by atoms with Gasteiger partial charge in [0.25, 0.3) is 6.71 Å². The topological polar surface area (TPSA) is 29.5 Å². The fourth-order valence-corrected chi connectivity index (χ4v) is 19.0. The third-order valence-corrected chi connectivity index (χ3v) is 24.8. The molecule has 2 aliphatic rings. The zero-order chi connectivity index (χ0) is 83.2. The molecule has 18 aromatic rings. The number of hydrogen-bond acceptors (Lipinski definition) is 4. The summed E-state index contributed by atoms with van der Waals surface area (Å²) in [6.45, 7) is 33.6. The van der Waals surface area contributed by atoms with Crippen molar-refractivity contribution in [1.82, 2.24) is 9.13 Å². The Balaban J connectivity index is 1.02. The van der Waals surface area contributed by atoms with E-state index >= 15 is 0 Å². The molecule has 0 saturated heterocycles. The van der Waals surface area contributed by atoms with Crippen molar-refractivity contribution >= 4 is 154 Å². The highest BCUT2D eigenvalue weighted by Crippen LogP contribution is 2.55. The third-order valence-electron chi connectivity index (χ3n) is 23.6. The third kappa shape index (κ3) is 10.9. The molecule has 0 spiro atoms. The average molecular weight is 1460 g/mol. The Bertz CT molecular complexity index is 7280. The van der Waals surface area contributed by atoms with Crippen molar-refractivity contribution in [2.75, 3.05) is 9.80 Å². The van der Waals surface area contributed by atoms with Gasteiger partial charge in [-0.1, -0.05) is 280 Å². The zero-order valence-electron chi connectivity index (χ0n) is 73.6. The summed E-state index contributed by atoms with van der Waals surface area (Å²) < 4.78 is 92.1. The van der Waals surface area contributed by atoms with Crippen molar-refractivity contribution in [2.24, 2.45) is 0 Å². The molecular formula is C104H91BN4OS. The van der Waals surface area contributed by atoms with Gasteiger partial charge in [0.05, 0.1) is 55.5 Å². The number of hydrogen-bond donors (Lipinski definition) is 0. The van der Waals surface area contributed by atoms with E-state index in [0.717, 1.165) is 148 Å². The van der Waals surface area contributed by atoms with Crippen molar-refractivity contribution in [3.05, 3.63) is 307 Å². The van der Waals surface area contributed by atoms with Crippen LogP contribution in [0.2, 0.25) is 0 Å². The molecule has 0 atom stereocenters. The Morgan fingerprint density at radius 2 is 0.829 bits per heavy atom. The molecule has 0 amide bonds. The zero-order valence-corrected chi connectivity index (χ0v) is 66.4. The first-order valence-electron chi connectivity index (χ1n) is 42.9. The molecule has 14 aromatic carbocycles. The van der Waals surface area contributed by atoms with Crippen LogP contribution in [0, 0.1) is 0 Å². The molecule has 20 rings (SSSR count). The number of rotatable bonds is 7. The molecule has 2 aliphatic heterocycles. The molecule has 6 heterocycles. The fraction of sp³-hybridized carbons (Fsp3) is 0.192.